The third-order valence-electron chi connectivity index (χ3n) is 3.14. The van der Waals surface area contributed by atoms with Crippen LogP contribution in [0, 0.1) is 0 Å². The molecule has 0 bridgehead atoms. The molecular formula is C10H19N3OS. The molecule has 0 aliphatic heterocycles. The van der Waals surface area contributed by atoms with Gasteiger partial charge < -0.3 is 10.6 Å². The lowest BCUT2D eigenvalue weighted by molar-refractivity contribution is 0.663. The lowest BCUT2D eigenvalue weighted by Crippen LogP contribution is -2.43. The molecule has 0 aromatic rings. The maximum atomic E-state index is 11.5. The third kappa shape index (κ3) is 2.71. The second kappa shape index (κ2) is 4.12. The molecule has 2 aliphatic rings. The van der Waals surface area contributed by atoms with Gasteiger partial charge in [0.25, 0.3) is 0 Å². The number of hydrogen-bond acceptors (Lipinski definition) is 2. The first-order valence-electron chi connectivity index (χ1n) is 5.47. The molecule has 0 aromatic carbocycles. The Morgan fingerprint density at radius 2 is 2.20 bits per heavy atom. The maximum absolute atomic E-state index is 11.5. The van der Waals surface area contributed by atoms with Gasteiger partial charge in [0, 0.05) is 36.7 Å². The maximum Gasteiger partial charge on any atom is 0.191 e. The fourth-order valence-electron chi connectivity index (χ4n) is 1.57. The van der Waals surface area contributed by atoms with E-state index in [1.54, 1.807) is 13.3 Å². The van der Waals surface area contributed by atoms with Gasteiger partial charge in [-0.25, -0.2) is 0 Å². The minimum Gasteiger partial charge on any atom is -0.355 e. The molecule has 0 saturated heterocycles. The molecule has 4 nitrogen and oxygen atoms in total. The van der Waals surface area contributed by atoms with Crippen molar-refractivity contribution in [2.24, 2.45) is 4.99 Å². The van der Waals surface area contributed by atoms with Crippen LogP contribution in [-0.4, -0.2) is 40.8 Å². The lowest BCUT2D eigenvalue weighted by Gasteiger charge is -2.16. The first-order chi connectivity index (χ1) is 7.16. The summed E-state index contributed by atoms with van der Waals surface area (Å²) in [6, 6.07) is 0.610. The molecule has 2 saturated carbocycles. The molecule has 0 amide bonds. The van der Waals surface area contributed by atoms with Gasteiger partial charge in [0.2, 0.25) is 0 Å². The molecule has 0 aromatic heterocycles. The first kappa shape index (κ1) is 10.9. The van der Waals surface area contributed by atoms with Crippen LogP contribution in [0.4, 0.5) is 0 Å². The largest absolute Gasteiger partial charge is 0.355 e. The van der Waals surface area contributed by atoms with E-state index in [2.05, 4.69) is 15.6 Å². The van der Waals surface area contributed by atoms with E-state index >= 15 is 0 Å². The predicted molar refractivity (Wildman–Crippen MR) is 63.6 cm³/mol. The summed E-state index contributed by atoms with van der Waals surface area (Å²) < 4.78 is 11.5. The number of rotatable bonds is 4. The van der Waals surface area contributed by atoms with Crippen molar-refractivity contribution in [2.75, 3.05) is 19.8 Å². The van der Waals surface area contributed by atoms with Crippen LogP contribution in [0.15, 0.2) is 4.99 Å². The average molecular weight is 229 g/mol. The summed E-state index contributed by atoms with van der Waals surface area (Å²) in [5.74, 6) is 0.856. The molecule has 0 radical (unpaired) electrons. The molecule has 2 rings (SSSR count). The molecule has 1 unspecified atom stereocenters. The van der Waals surface area contributed by atoms with Crippen LogP contribution in [0.25, 0.3) is 0 Å². The highest BCUT2D eigenvalue weighted by Gasteiger charge is 2.46. The van der Waals surface area contributed by atoms with Crippen molar-refractivity contribution in [3.05, 3.63) is 0 Å². The second-order valence-corrected chi connectivity index (χ2v) is 6.26. The summed E-state index contributed by atoms with van der Waals surface area (Å²) in [5, 5.41) is 6.59. The van der Waals surface area contributed by atoms with Crippen molar-refractivity contribution >= 4 is 16.8 Å². The van der Waals surface area contributed by atoms with Gasteiger partial charge in [-0.1, -0.05) is 0 Å². The molecule has 2 fully saturated rings. The zero-order valence-corrected chi connectivity index (χ0v) is 10.2. The second-order valence-electron chi connectivity index (χ2n) is 4.48. The van der Waals surface area contributed by atoms with Gasteiger partial charge in [0.15, 0.2) is 5.96 Å². The Balaban J connectivity index is 1.78. The third-order valence-corrected chi connectivity index (χ3v) is 4.91. The zero-order valence-electron chi connectivity index (χ0n) is 9.38. The molecule has 15 heavy (non-hydrogen) atoms. The van der Waals surface area contributed by atoms with Crippen LogP contribution in [-0.2, 0) is 10.8 Å². The predicted octanol–water partition coefficient (Wildman–Crippen LogP) is 0.225. The average Bonchev–Trinajstić information content (AvgIpc) is 3.07. The van der Waals surface area contributed by atoms with Gasteiger partial charge in [-0.2, -0.15) is 0 Å². The van der Waals surface area contributed by atoms with Crippen molar-refractivity contribution in [1.29, 1.82) is 0 Å². The zero-order chi connectivity index (χ0) is 10.9. The summed E-state index contributed by atoms with van der Waals surface area (Å²) in [6.07, 6.45) is 6.43. The van der Waals surface area contributed by atoms with Gasteiger partial charge >= 0.3 is 0 Å². The standard InChI is InChI=1S/C10H19N3OS/c1-11-9(13-8-3-4-8)12-7-10(5-6-10)15(2)14/h8H,3-7H2,1-2H3,(H2,11,12,13). The summed E-state index contributed by atoms with van der Waals surface area (Å²) in [4.78, 5) is 4.15. The highest BCUT2D eigenvalue weighted by Crippen LogP contribution is 2.40. The Hall–Kier alpha value is -0.580. The SMILES string of the molecule is CN=C(NCC1(S(C)=O)CC1)NC1CC1. The fourth-order valence-corrected chi connectivity index (χ4v) is 2.52. The minimum absolute atomic E-state index is 0.0289. The van der Waals surface area contributed by atoms with Crippen LogP contribution in [0.5, 0.6) is 0 Å². The van der Waals surface area contributed by atoms with Gasteiger partial charge in [-0.15, -0.1) is 0 Å². The van der Waals surface area contributed by atoms with Gasteiger partial charge in [-0.05, 0) is 25.7 Å². The Kier molecular flexibility index (Phi) is 3.00. The molecule has 86 valence electrons. The Labute approximate surface area is 93.4 Å². The van der Waals surface area contributed by atoms with Gasteiger partial charge in [-0.3, -0.25) is 9.20 Å². The quantitative estimate of drug-likeness (QED) is 0.536. The van der Waals surface area contributed by atoms with E-state index in [-0.39, 0.29) is 4.75 Å². The van der Waals surface area contributed by atoms with Crippen LogP contribution < -0.4 is 10.6 Å². The molecular weight excluding hydrogens is 210 g/mol. The van der Waals surface area contributed by atoms with Crippen LogP contribution in [0.2, 0.25) is 0 Å². The van der Waals surface area contributed by atoms with Crippen LogP contribution >= 0.6 is 0 Å². The number of aliphatic imine (C=N–C) groups is 1. The Morgan fingerprint density at radius 1 is 1.53 bits per heavy atom. The molecule has 2 N–H and O–H groups in total. The van der Waals surface area contributed by atoms with E-state index < -0.39 is 10.8 Å². The topological polar surface area (TPSA) is 53.5 Å². The van der Waals surface area contributed by atoms with Crippen LogP contribution in [0.1, 0.15) is 25.7 Å². The van der Waals surface area contributed by atoms with Gasteiger partial charge in [0.1, 0.15) is 0 Å². The van der Waals surface area contributed by atoms with Crippen LogP contribution in [0.3, 0.4) is 0 Å². The number of hydrogen-bond donors (Lipinski definition) is 2. The van der Waals surface area contributed by atoms with E-state index in [9.17, 15) is 4.21 Å². The van der Waals surface area contributed by atoms with E-state index in [0.29, 0.717) is 6.04 Å². The molecule has 5 heteroatoms. The van der Waals surface area contributed by atoms with Crippen molar-refractivity contribution in [3.63, 3.8) is 0 Å². The minimum atomic E-state index is -0.726. The van der Waals surface area contributed by atoms with Crippen molar-refractivity contribution in [1.82, 2.24) is 10.6 Å². The van der Waals surface area contributed by atoms with Crippen molar-refractivity contribution < 1.29 is 4.21 Å². The number of guanidine groups is 1. The smallest absolute Gasteiger partial charge is 0.191 e. The van der Waals surface area contributed by atoms with E-state index in [1.165, 1.54) is 12.8 Å². The molecule has 2 aliphatic carbocycles. The number of nitrogens with zero attached hydrogens (tertiary/aromatic N) is 1. The summed E-state index contributed by atoms with van der Waals surface area (Å²) in [6.45, 7) is 0.780. The van der Waals surface area contributed by atoms with E-state index in [1.807, 2.05) is 0 Å². The van der Waals surface area contributed by atoms with Crippen molar-refractivity contribution in [2.45, 2.75) is 36.5 Å². The fraction of sp³-hybridized carbons (Fsp3) is 0.900. The Morgan fingerprint density at radius 3 is 2.60 bits per heavy atom. The van der Waals surface area contributed by atoms with E-state index in [0.717, 1.165) is 25.3 Å². The monoisotopic (exact) mass is 229 g/mol. The number of nitrogens with one attached hydrogen (secondary N) is 2. The highest BCUT2D eigenvalue weighted by molar-refractivity contribution is 7.86. The summed E-state index contributed by atoms with van der Waals surface area (Å²) in [5.41, 5.74) is 0. The normalized spacial score (nSPS) is 25.9. The molecule has 0 heterocycles. The first-order valence-corrected chi connectivity index (χ1v) is 7.03. The van der Waals surface area contributed by atoms with Gasteiger partial charge in [0.05, 0.1) is 4.75 Å². The molecule has 1 atom stereocenters. The lowest BCUT2D eigenvalue weighted by atomic mass is 10.4. The highest BCUT2D eigenvalue weighted by atomic mass is 32.2. The molecule has 0 spiro atoms. The summed E-state index contributed by atoms with van der Waals surface area (Å²) >= 11 is 0. The van der Waals surface area contributed by atoms with E-state index in [4.69, 9.17) is 0 Å². The van der Waals surface area contributed by atoms with Crippen molar-refractivity contribution in [3.8, 4) is 0 Å². The summed E-state index contributed by atoms with van der Waals surface area (Å²) in [7, 11) is 1.05. The Bertz CT molecular complexity index is 295.